The zero-order valence-electron chi connectivity index (χ0n) is 9.57. The zero-order valence-corrected chi connectivity index (χ0v) is 9.57. The molecule has 0 bridgehead atoms. The van der Waals surface area contributed by atoms with Gasteiger partial charge in [0.15, 0.2) is 6.29 Å². The molecule has 92 valence electrons. The van der Waals surface area contributed by atoms with Crippen LogP contribution in [0.3, 0.4) is 0 Å². The Morgan fingerprint density at radius 1 is 1.65 bits per heavy atom. The number of likely N-dealkylation sites (tertiary alicyclic amines) is 1. The second-order valence-corrected chi connectivity index (χ2v) is 3.95. The fourth-order valence-corrected chi connectivity index (χ4v) is 1.77. The summed E-state index contributed by atoms with van der Waals surface area (Å²) >= 11 is 0. The van der Waals surface area contributed by atoms with Gasteiger partial charge in [-0.2, -0.15) is 0 Å². The molecule has 2 heterocycles. The van der Waals surface area contributed by atoms with E-state index < -0.39 is 0 Å². The van der Waals surface area contributed by atoms with Crippen molar-refractivity contribution in [3.05, 3.63) is 11.9 Å². The monoisotopic (exact) mass is 238 g/mol. The Morgan fingerprint density at radius 2 is 2.41 bits per heavy atom. The van der Waals surface area contributed by atoms with Crippen molar-refractivity contribution in [3.63, 3.8) is 0 Å². The number of ether oxygens (including phenoxy) is 1. The summed E-state index contributed by atoms with van der Waals surface area (Å²) in [5, 5.41) is 7.49. The van der Waals surface area contributed by atoms with E-state index in [1.807, 2.05) is 0 Å². The van der Waals surface area contributed by atoms with Gasteiger partial charge in [-0.1, -0.05) is 5.21 Å². The molecule has 1 saturated heterocycles. The van der Waals surface area contributed by atoms with Gasteiger partial charge in [0.1, 0.15) is 5.69 Å². The summed E-state index contributed by atoms with van der Waals surface area (Å²) in [7, 11) is 0. The second-order valence-electron chi connectivity index (χ2n) is 3.95. The number of carbonyl (C=O) groups is 2. The van der Waals surface area contributed by atoms with E-state index in [2.05, 4.69) is 10.3 Å². The van der Waals surface area contributed by atoms with Crippen molar-refractivity contribution in [2.24, 2.45) is 5.92 Å². The third kappa shape index (κ3) is 2.61. The number of carbonyl (C=O) groups excluding carboxylic acids is 2. The molecule has 1 amide bonds. The van der Waals surface area contributed by atoms with Crippen LogP contribution in [0.1, 0.15) is 17.4 Å². The maximum atomic E-state index is 11.3. The molecule has 7 heteroatoms. The number of aldehydes is 1. The highest BCUT2D eigenvalue weighted by Gasteiger charge is 2.31. The first-order valence-electron chi connectivity index (χ1n) is 5.50. The quantitative estimate of drug-likeness (QED) is 0.699. The van der Waals surface area contributed by atoms with Gasteiger partial charge in [0.25, 0.3) is 0 Å². The third-order valence-electron chi connectivity index (χ3n) is 2.61. The van der Waals surface area contributed by atoms with Gasteiger partial charge in [-0.3, -0.25) is 9.48 Å². The predicted octanol–water partition coefficient (Wildman–Crippen LogP) is 0.179. The molecule has 1 aromatic rings. The van der Waals surface area contributed by atoms with Gasteiger partial charge < -0.3 is 9.64 Å². The largest absolute Gasteiger partial charge is 0.450 e. The molecule has 1 aliphatic rings. The Morgan fingerprint density at radius 3 is 3.00 bits per heavy atom. The minimum atomic E-state index is -0.268. The van der Waals surface area contributed by atoms with E-state index in [9.17, 15) is 9.59 Å². The van der Waals surface area contributed by atoms with Gasteiger partial charge in [0, 0.05) is 25.6 Å². The van der Waals surface area contributed by atoms with Crippen molar-refractivity contribution >= 4 is 12.4 Å². The van der Waals surface area contributed by atoms with Crippen LogP contribution in [0.2, 0.25) is 0 Å². The molecule has 0 aromatic carbocycles. The highest BCUT2D eigenvalue weighted by molar-refractivity contribution is 5.70. The van der Waals surface area contributed by atoms with Crippen molar-refractivity contribution < 1.29 is 14.3 Å². The Bertz CT molecular complexity index is 411. The lowest BCUT2D eigenvalue weighted by molar-refractivity contribution is 0.0503. The van der Waals surface area contributed by atoms with Crippen molar-refractivity contribution in [1.82, 2.24) is 19.9 Å². The minimum absolute atomic E-state index is 0.268. The molecule has 0 aliphatic carbocycles. The van der Waals surface area contributed by atoms with E-state index in [1.165, 1.54) is 0 Å². The fourth-order valence-electron chi connectivity index (χ4n) is 1.77. The van der Waals surface area contributed by atoms with Crippen molar-refractivity contribution in [2.75, 3.05) is 19.7 Å². The van der Waals surface area contributed by atoms with Crippen LogP contribution in [0.5, 0.6) is 0 Å². The summed E-state index contributed by atoms with van der Waals surface area (Å²) in [4.78, 5) is 23.4. The van der Waals surface area contributed by atoms with Crippen LogP contribution in [-0.4, -0.2) is 52.0 Å². The molecule has 0 saturated carbocycles. The van der Waals surface area contributed by atoms with E-state index in [0.717, 1.165) is 0 Å². The van der Waals surface area contributed by atoms with Crippen LogP contribution in [-0.2, 0) is 11.3 Å². The van der Waals surface area contributed by atoms with E-state index in [0.29, 0.717) is 44.1 Å². The first-order valence-corrected chi connectivity index (χ1v) is 5.50. The van der Waals surface area contributed by atoms with Crippen LogP contribution in [0.15, 0.2) is 6.20 Å². The average Bonchev–Trinajstić information content (AvgIpc) is 2.70. The molecule has 1 fully saturated rings. The lowest BCUT2D eigenvalue weighted by atomic mass is 10.0. The molecular formula is C10H14N4O3. The van der Waals surface area contributed by atoms with Gasteiger partial charge in [0.05, 0.1) is 12.8 Å². The SMILES string of the molecule is CCOC(=O)N1CC(Cn2cc(C=O)nn2)C1. The number of amides is 1. The lowest BCUT2D eigenvalue weighted by Crippen LogP contribution is -2.51. The van der Waals surface area contributed by atoms with Gasteiger partial charge in [-0.25, -0.2) is 4.79 Å². The van der Waals surface area contributed by atoms with Crippen molar-refractivity contribution in [2.45, 2.75) is 13.5 Å². The molecule has 17 heavy (non-hydrogen) atoms. The Hall–Kier alpha value is -1.92. The molecule has 0 N–H and O–H groups in total. The minimum Gasteiger partial charge on any atom is -0.450 e. The maximum absolute atomic E-state index is 11.3. The molecule has 1 aromatic heterocycles. The number of hydrogen-bond acceptors (Lipinski definition) is 5. The van der Waals surface area contributed by atoms with Crippen LogP contribution in [0.25, 0.3) is 0 Å². The van der Waals surface area contributed by atoms with Gasteiger partial charge in [-0.05, 0) is 6.92 Å². The van der Waals surface area contributed by atoms with E-state index in [1.54, 1.807) is 22.7 Å². The van der Waals surface area contributed by atoms with Crippen LogP contribution >= 0.6 is 0 Å². The summed E-state index contributed by atoms with van der Waals surface area (Å²) in [5.41, 5.74) is 0.326. The third-order valence-corrected chi connectivity index (χ3v) is 2.61. The van der Waals surface area contributed by atoms with Gasteiger partial charge in [0.2, 0.25) is 0 Å². The van der Waals surface area contributed by atoms with Crippen molar-refractivity contribution in [1.29, 1.82) is 0 Å². The summed E-state index contributed by atoms with van der Waals surface area (Å²) < 4.78 is 6.49. The van der Waals surface area contributed by atoms with Crippen molar-refractivity contribution in [3.8, 4) is 0 Å². The first-order chi connectivity index (χ1) is 8.22. The molecule has 0 unspecified atom stereocenters. The summed E-state index contributed by atoms with van der Waals surface area (Å²) in [6.45, 7) is 4.16. The van der Waals surface area contributed by atoms with E-state index >= 15 is 0 Å². The summed E-state index contributed by atoms with van der Waals surface area (Å²) in [6.07, 6.45) is 1.99. The number of hydrogen-bond donors (Lipinski definition) is 0. The smallest absolute Gasteiger partial charge is 0.409 e. The first kappa shape index (κ1) is 11.6. The molecule has 2 rings (SSSR count). The topological polar surface area (TPSA) is 77.3 Å². The predicted molar refractivity (Wildman–Crippen MR) is 57.5 cm³/mol. The van der Waals surface area contributed by atoms with Gasteiger partial charge >= 0.3 is 6.09 Å². The summed E-state index contributed by atoms with van der Waals surface area (Å²) in [6, 6.07) is 0. The standard InChI is InChI=1S/C10H14N4O3/c1-2-17-10(16)13-3-8(4-13)5-14-6-9(7-15)11-12-14/h6-8H,2-5H2,1H3. The molecule has 0 atom stereocenters. The molecule has 0 spiro atoms. The maximum Gasteiger partial charge on any atom is 0.409 e. The van der Waals surface area contributed by atoms with E-state index in [4.69, 9.17) is 4.74 Å². The normalized spacial score (nSPS) is 15.5. The molecular weight excluding hydrogens is 224 g/mol. The number of rotatable bonds is 4. The summed E-state index contributed by atoms with van der Waals surface area (Å²) in [5.74, 6) is 0.348. The van der Waals surface area contributed by atoms with Gasteiger partial charge in [-0.15, -0.1) is 5.10 Å². The highest BCUT2D eigenvalue weighted by atomic mass is 16.6. The Labute approximate surface area is 98.3 Å². The molecule has 1 aliphatic heterocycles. The zero-order chi connectivity index (χ0) is 12.3. The second kappa shape index (κ2) is 4.94. The Balaban J connectivity index is 1.77. The van der Waals surface area contributed by atoms with Crippen LogP contribution < -0.4 is 0 Å². The molecule has 0 radical (unpaired) electrons. The lowest BCUT2D eigenvalue weighted by Gasteiger charge is -2.37. The number of nitrogens with zero attached hydrogens (tertiary/aromatic N) is 4. The molecule has 7 nitrogen and oxygen atoms in total. The van der Waals surface area contributed by atoms with Crippen LogP contribution in [0.4, 0.5) is 4.79 Å². The van der Waals surface area contributed by atoms with E-state index in [-0.39, 0.29) is 6.09 Å². The Kier molecular flexibility index (Phi) is 3.36. The average molecular weight is 238 g/mol. The number of aromatic nitrogens is 3. The van der Waals surface area contributed by atoms with Crippen LogP contribution in [0, 0.1) is 5.92 Å². The highest BCUT2D eigenvalue weighted by Crippen LogP contribution is 2.18. The fraction of sp³-hybridized carbons (Fsp3) is 0.600.